The maximum absolute atomic E-state index is 11.3. The van der Waals surface area contributed by atoms with Crippen molar-refractivity contribution in [2.75, 3.05) is 18.6 Å². The molecule has 0 amide bonds. The molecule has 1 rings (SSSR count). The molecule has 0 bridgehead atoms. The molecule has 0 fully saturated rings. The van der Waals surface area contributed by atoms with Gasteiger partial charge in [0.15, 0.2) is 0 Å². The topological polar surface area (TPSA) is 26.3 Å². The van der Waals surface area contributed by atoms with Crippen molar-refractivity contribution in [2.24, 2.45) is 0 Å². The maximum atomic E-state index is 11.3. The molecule has 0 spiro atoms. The van der Waals surface area contributed by atoms with Gasteiger partial charge < -0.3 is 4.74 Å². The Morgan fingerprint density at radius 3 is 2.29 bits per heavy atom. The summed E-state index contributed by atoms with van der Waals surface area (Å²) in [5, 5.41) is 0.593. The van der Waals surface area contributed by atoms with Crippen molar-refractivity contribution in [3.05, 3.63) is 35.9 Å². The van der Waals surface area contributed by atoms with Gasteiger partial charge in [-0.1, -0.05) is 44.2 Å². The van der Waals surface area contributed by atoms with Crippen molar-refractivity contribution in [1.29, 1.82) is 0 Å². The van der Waals surface area contributed by atoms with Crippen LogP contribution in [0.15, 0.2) is 30.3 Å². The van der Waals surface area contributed by atoms with E-state index < -0.39 is 0 Å². The van der Waals surface area contributed by atoms with Gasteiger partial charge in [0.2, 0.25) is 0 Å². The standard InChI is InChI=1S/C18H29O2S/c1-4-14-21(15-5-2)17(12-9-13-18(19)20-3)16-10-7-6-8-11-16/h6-8,10-11,17H,4-5,9,12-15H2,1-3H3/q+1. The van der Waals surface area contributed by atoms with Gasteiger partial charge >= 0.3 is 5.97 Å². The van der Waals surface area contributed by atoms with Crippen LogP contribution in [0.3, 0.4) is 0 Å². The van der Waals surface area contributed by atoms with E-state index in [9.17, 15) is 4.79 Å². The summed E-state index contributed by atoms with van der Waals surface area (Å²) in [6.07, 6.45) is 5.02. The SMILES string of the molecule is CCC[S+](CCC)C(CCCC(=O)OC)c1ccccc1. The molecule has 0 aliphatic carbocycles. The zero-order chi connectivity index (χ0) is 15.5. The number of ether oxygens (including phenoxy) is 1. The van der Waals surface area contributed by atoms with Crippen molar-refractivity contribution < 1.29 is 9.53 Å². The zero-order valence-electron chi connectivity index (χ0n) is 13.6. The molecular formula is C18H29O2S+. The Labute approximate surface area is 132 Å². The van der Waals surface area contributed by atoms with Crippen LogP contribution in [0.25, 0.3) is 0 Å². The number of methoxy groups -OCH3 is 1. The number of hydrogen-bond acceptors (Lipinski definition) is 2. The fourth-order valence-electron chi connectivity index (χ4n) is 2.64. The molecule has 21 heavy (non-hydrogen) atoms. The lowest BCUT2D eigenvalue weighted by molar-refractivity contribution is -0.140. The van der Waals surface area contributed by atoms with Crippen molar-refractivity contribution >= 4 is 16.9 Å². The highest BCUT2D eigenvalue weighted by molar-refractivity contribution is 7.97. The van der Waals surface area contributed by atoms with Crippen LogP contribution in [0, 0.1) is 0 Å². The Hall–Kier alpha value is -0.960. The molecular weight excluding hydrogens is 280 g/mol. The highest BCUT2D eigenvalue weighted by Crippen LogP contribution is 2.31. The molecule has 1 atom stereocenters. The predicted molar refractivity (Wildman–Crippen MR) is 92.7 cm³/mol. The van der Waals surface area contributed by atoms with Crippen LogP contribution in [0.4, 0.5) is 0 Å². The van der Waals surface area contributed by atoms with Gasteiger partial charge in [-0.05, 0) is 36.6 Å². The molecule has 0 aliphatic heterocycles. The van der Waals surface area contributed by atoms with E-state index in [2.05, 4.69) is 44.2 Å². The van der Waals surface area contributed by atoms with E-state index in [1.165, 1.54) is 37.0 Å². The number of rotatable bonds is 10. The summed E-state index contributed by atoms with van der Waals surface area (Å²) in [4.78, 5) is 11.3. The first-order valence-corrected chi connectivity index (χ1v) is 9.63. The zero-order valence-corrected chi connectivity index (χ0v) is 14.5. The van der Waals surface area contributed by atoms with Crippen LogP contribution >= 0.6 is 0 Å². The summed E-state index contributed by atoms with van der Waals surface area (Å²) in [6, 6.07) is 10.8. The largest absolute Gasteiger partial charge is 0.469 e. The number of carbonyl (C=O) groups is 1. The highest BCUT2D eigenvalue weighted by atomic mass is 32.2. The van der Waals surface area contributed by atoms with Crippen molar-refractivity contribution in [3.8, 4) is 0 Å². The summed E-state index contributed by atoms with van der Waals surface area (Å²) < 4.78 is 4.76. The average molecular weight is 309 g/mol. The minimum absolute atomic E-state index is 0.0901. The van der Waals surface area contributed by atoms with Crippen molar-refractivity contribution in [3.63, 3.8) is 0 Å². The molecule has 0 heterocycles. The van der Waals surface area contributed by atoms with Crippen molar-refractivity contribution in [2.45, 2.75) is 51.2 Å². The van der Waals surface area contributed by atoms with E-state index in [0.29, 0.717) is 22.6 Å². The molecule has 0 aliphatic rings. The Bertz CT molecular complexity index is 385. The van der Waals surface area contributed by atoms with Gasteiger partial charge in [0.25, 0.3) is 0 Å². The van der Waals surface area contributed by atoms with Gasteiger partial charge in [0.05, 0.1) is 7.11 Å². The molecule has 1 unspecified atom stereocenters. The van der Waals surface area contributed by atoms with E-state index in [1.807, 2.05) is 0 Å². The molecule has 3 heteroatoms. The lowest BCUT2D eigenvalue weighted by Crippen LogP contribution is -2.21. The number of esters is 1. The Balaban J connectivity index is 2.75. The van der Waals surface area contributed by atoms with Gasteiger partial charge in [-0.2, -0.15) is 0 Å². The van der Waals surface area contributed by atoms with E-state index in [-0.39, 0.29) is 5.97 Å². The third-order valence-corrected chi connectivity index (χ3v) is 6.76. The van der Waals surface area contributed by atoms with E-state index in [1.54, 1.807) is 0 Å². The molecule has 118 valence electrons. The Morgan fingerprint density at radius 2 is 1.76 bits per heavy atom. The van der Waals surface area contributed by atoms with Crippen LogP contribution in [-0.2, 0) is 20.4 Å². The average Bonchev–Trinajstić information content (AvgIpc) is 2.52. The normalized spacial score (nSPS) is 12.4. The first-order chi connectivity index (χ1) is 10.2. The smallest absolute Gasteiger partial charge is 0.305 e. The fourth-order valence-corrected chi connectivity index (χ4v) is 5.50. The first-order valence-electron chi connectivity index (χ1n) is 8.00. The fraction of sp³-hybridized carbons (Fsp3) is 0.611. The second-order valence-corrected chi connectivity index (χ2v) is 7.77. The van der Waals surface area contributed by atoms with Crippen LogP contribution < -0.4 is 0 Å². The van der Waals surface area contributed by atoms with Crippen LogP contribution in [0.1, 0.15) is 56.8 Å². The molecule has 0 saturated heterocycles. The lowest BCUT2D eigenvalue weighted by Gasteiger charge is -2.19. The predicted octanol–water partition coefficient (Wildman–Crippen LogP) is 4.51. The van der Waals surface area contributed by atoms with E-state index in [4.69, 9.17) is 4.74 Å². The van der Waals surface area contributed by atoms with Gasteiger partial charge in [-0.15, -0.1) is 0 Å². The third-order valence-electron chi connectivity index (χ3n) is 3.58. The second kappa shape index (κ2) is 10.7. The molecule has 0 radical (unpaired) electrons. The number of benzene rings is 1. The number of hydrogen-bond donors (Lipinski definition) is 0. The lowest BCUT2D eigenvalue weighted by atomic mass is 10.1. The summed E-state index contributed by atoms with van der Waals surface area (Å²) in [6.45, 7) is 4.54. The third kappa shape index (κ3) is 6.56. The maximum Gasteiger partial charge on any atom is 0.305 e. The summed E-state index contributed by atoms with van der Waals surface area (Å²) in [5.41, 5.74) is 1.44. The molecule has 1 aromatic carbocycles. The summed E-state index contributed by atoms with van der Waals surface area (Å²) >= 11 is 0. The van der Waals surface area contributed by atoms with Crippen LogP contribution in [0.2, 0.25) is 0 Å². The second-order valence-electron chi connectivity index (χ2n) is 5.31. The first kappa shape index (κ1) is 18.1. The summed E-state index contributed by atoms with van der Waals surface area (Å²) in [7, 11) is 1.89. The van der Waals surface area contributed by atoms with Gasteiger partial charge in [0, 0.05) is 12.0 Å². The quantitative estimate of drug-likeness (QED) is 0.469. The molecule has 0 saturated carbocycles. The minimum Gasteiger partial charge on any atom is -0.469 e. The Kier molecular flexibility index (Phi) is 9.24. The molecule has 0 aromatic heterocycles. The number of carbonyl (C=O) groups excluding carboxylic acids is 1. The van der Waals surface area contributed by atoms with Gasteiger partial charge in [0.1, 0.15) is 16.8 Å². The van der Waals surface area contributed by atoms with Gasteiger partial charge in [-0.3, -0.25) is 4.79 Å². The van der Waals surface area contributed by atoms with Crippen LogP contribution in [0.5, 0.6) is 0 Å². The van der Waals surface area contributed by atoms with Gasteiger partial charge in [-0.25, -0.2) is 0 Å². The van der Waals surface area contributed by atoms with E-state index in [0.717, 1.165) is 12.8 Å². The molecule has 2 nitrogen and oxygen atoms in total. The Morgan fingerprint density at radius 1 is 1.14 bits per heavy atom. The molecule has 1 aromatic rings. The minimum atomic E-state index is -0.0901. The van der Waals surface area contributed by atoms with Crippen molar-refractivity contribution in [1.82, 2.24) is 0 Å². The monoisotopic (exact) mass is 309 g/mol. The summed E-state index contributed by atoms with van der Waals surface area (Å²) in [5.74, 6) is 2.50. The van der Waals surface area contributed by atoms with Crippen LogP contribution in [-0.4, -0.2) is 24.6 Å². The van der Waals surface area contributed by atoms with E-state index >= 15 is 0 Å². The molecule has 0 N–H and O–H groups in total. The highest BCUT2D eigenvalue weighted by Gasteiger charge is 2.30.